The number of amides is 1. The summed E-state index contributed by atoms with van der Waals surface area (Å²) >= 11 is 0. The number of benzene rings is 2. The first kappa shape index (κ1) is 16.2. The number of nitro groups is 1. The van der Waals surface area contributed by atoms with Crippen LogP contribution in [0.15, 0.2) is 54.1 Å². The van der Waals surface area contributed by atoms with E-state index >= 15 is 0 Å². The number of methoxy groups -OCH3 is 1. The number of carbonyl (C=O) groups is 1. The molecule has 1 N–H and O–H groups in total. The van der Waals surface area contributed by atoms with Gasteiger partial charge in [-0.1, -0.05) is 24.3 Å². The molecule has 0 saturated carbocycles. The van der Waals surface area contributed by atoms with Gasteiger partial charge >= 0.3 is 5.69 Å². The van der Waals surface area contributed by atoms with Crippen LogP contribution in [0, 0.1) is 10.1 Å². The lowest BCUT2D eigenvalue weighted by molar-refractivity contribution is -0.385. The maximum atomic E-state index is 12.1. The SMILES string of the molecule is COc1ccc(C=C(C)C(=O)Nc2ccccc2)cc1[N+](=O)[O-]. The Bertz CT molecular complexity index is 754. The van der Waals surface area contributed by atoms with Crippen molar-refractivity contribution in [2.24, 2.45) is 0 Å². The highest BCUT2D eigenvalue weighted by Gasteiger charge is 2.15. The predicted molar refractivity (Wildman–Crippen MR) is 88.4 cm³/mol. The molecule has 6 heteroatoms. The van der Waals surface area contributed by atoms with Crippen LogP contribution in [0.4, 0.5) is 11.4 Å². The Morgan fingerprint density at radius 3 is 2.52 bits per heavy atom. The first-order chi connectivity index (χ1) is 11.0. The number of hydrogen-bond donors (Lipinski definition) is 1. The van der Waals surface area contributed by atoms with E-state index in [4.69, 9.17) is 4.74 Å². The molecular weight excluding hydrogens is 296 g/mol. The van der Waals surface area contributed by atoms with Gasteiger partial charge in [0.2, 0.25) is 0 Å². The first-order valence-electron chi connectivity index (χ1n) is 6.88. The van der Waals surface area contributed by atoms with E-state index in [0.29, 0.717) is 16.8 Å². The Labute approximate surface area is 133 Å². The smallest absolute Gasteiger partial charge is 0.311 e. The summed E-state index contributed by atoms with van der Waals surface area (Å²) in [6.45, 7) is 1.65. The monoisotopic (exact) mass is 312 g/mol. The molecule has 0 aliphatic rings. The summed E-state index contributed by atoms with van der Waals surface area (Å²) in [7, 11) is 1.37. The first-order valence-corrected chi connectivity index (χ1v) is 6.88. The number of anilines is 1. The highest BCUT2D eigenvalue weighted by molar-refractivity contribution is 6.06. The van der Waals surface area contributed by atoms with Crippen LogP contribution < -0.4 is 10.1 Å². The summed E-state index contributed by atoms with van der Waals surface area (Å²) < 4.78 is 4.95. The molecule has 0 aromatic heterocycles. The summed E-state index contributed by atoms with van der Waals surface area (Å²) in [5.41, 5.74) is 1.54. The number of para-hydroxylation sites is 1. The second-order valence-corrected chi connectivity index (χ2v) is 4.84. The van der Waals surface area contributed by atoms with Gasteiger partial charge in [0.25, 0.3) is 5.91 Å². The van der Waals surface area contributed by atoms with Gasteiger partial charge in [-0.25, -0.2) is 0 Å². The van der Waals surface area contributed by atoms with Gasteiger partial charge in [-0.3, -0.25) is 14.9 Å². The normalized spacial score (nSPS) is 11.0. The molecule has 2 rings (SSSR count). The summed E-state index contributed by atoms with van der Waals surface area (Å²) in [5, 5.41) is 13.8. The lowest BCUT2D eigenvalue weighted by Gasteiger charge is -2.06. The Morgan fingerprint density at radius 1 is 1.22 bits per heavy atom. The van der Waals surface area contributed by atoms with Crippen molar-refractivity contribution in [1.29, 1.82) is 0 Å². The average Bonchev–Trinajstić information content (AvgIpc) is 2.55. The molecule has 0 fully saturated rings. The highest BCUT2D eigenvalue weighted by atomic mass is 16.6. The molecule has 0 radical (unpaired) electrons. The largest absolute Gasteiger partial charge is 0.490 e. The van der Waals surface area contributed by atoms with Gasteiger partial charge < -0.3 is 10.1 Å². The van der Waals surface area contributed by atoms with Crippen molar-refractivity contribution in [3.63, 3.8) is 0 Å². The third kappa shape index (κ3) is 4.16. The maximum absolute atomic E-state index is 12.1. The van der Waals surface area contributed by atoms with Crippen molar-refractivity contribution in [1.82, 2.24) is 0 Å². The Morgan fingerprint density at radius 2 is 1.91 bits per heavy atom. The van der Waals surface area contributed by atoms with Crippen LogP contribution in [0.5, 0.6) is 5.75 Å². The molecule has 0 saturated heterocycles. The van der Waals surface area contributed by atoms with E-state index in [1.807, 2.05) is 18.2 Å². The van der Waals surface area contributed by atoms with Crippen LogP contribution in [0.1, 0.15) is 12.5 Å². The average molecular weight is 312 g/mol. The highest BCUT2D eigenvalue weighted by Crippen LogP contribution is 2.28. The molecule has 2 aromatic carbocycles. The molecule has 118 valence electrons. The van der Waals surface area contributed by atoms with Crippen LogP contribution in [0.2, 0.25) is 0 Å². The number of nitro benzene ring substituents is 1. The maximum Gasteiger partial charge on any atom is 0.311 e. The van der Waals surface area contributed by atoms with Crippen LogP contribution in [-0.2, 0) is 4.79 Å². The van der Waals surface area contributed by atoms with Crippen LogP contribution >= 0.6 is 0 Å². The number of nitrogens with one attached hydrogen (secondary N) is 1. The zero-order chi connectivity index (χ0) is 16.8. The minimum absolute atomic E-state index is 0.141. The molecule has 1 amide bonds. The van der Waals surface area contributed by atoms with Crippen molar-refractivity contribution in [3.8, 4) is 5.75 Å². The Balaban J connectivity index is 2.21. The minimum atomic E-state index is -0.518. The fourth-order valence-electron chi connectivity index (χ4n) is 2.01. The van der Waals surface area contributed by atoms with Crippen molar-refractivity contribution in [2.45, 2.75) is 6.92 Å². The fraction of sp³-hybridized carbons (Fsp3) is 0.118. The molecule has 23 heavy (non-hydrogen) atoms. The number of nitrogens with zero attached hydrogens (tertiary/aromatic N) is 1. The topological polar surface area (TPSA) is 81.5 Å². The third-order valence-electron chi connectivity index (χ3n) is 3.17. The summed E-state index contributed by atoms with van der Waals surface area (Å²) in [6, 6.07) is 13.6. The molecule has 0 aliphatic carbocycles. The van der Waals surface area contributed by atoms with E-state index < -0.39 is 4.92 Å². The van der Waals surface area contributed by atoms with E-state index in [1.54, 1.807) is 31.2 Å². The minimum Gasteiger partial charge on any atom is -0.490 e. The fourth-order valence-corrected chi connectivity index (χ4v) is 2.01. The molecule has 6 nitrogen and oxygen atoms in total. The van der Waals surface area contributed by atoms with Gasteiger partial charge in [0, 0.05) is 17.3 Å². The standard InChI is InChI=1S/C17H16N2O4/c1-12(17(20)18-14-6-4-3-5-7-14)10-13-8-9-16(23-2)15(11-13)19(21)22/h3-11H,1-2H3,(H,18,20). The number of carbonyl (C=O) groups excluding carboxylic acids is 1. The van der Waals surface area contributed by atoms with Crippen molar-refractivity contribution >= 4 is 23.4 Å². The molecular formula is C17H16N2O4. The molecule has 0 aliphatic heterocycles. The molecule has 0 unspecified atom stereocenters. The second kappa shape index (κ2) is 7.22. The molecule has 2 aromatic rings. The molecule has 0 bridgehead atoms. The second-order valence-electron chi connectivity index (χ2n) is 4.84. The van der Waals surface area contributed by atoms with Gasteiger partial charge in [-0.05, 0) is 36.8 Å². The lowest BCUT2D eigenvalue weighted by Crippen LogP contribution is -2.12. The summed E-state index contributed by atoms with van der Waals surface area (Å²) in [4.78, 5) is 22.6. The van der Waals surface area contributed by atoms with Crippen LogP contribution in [0.3, 0.4) is 0 Å². The zero-order valence-electron chi connectivity index (χ0n) is 12.8. The van der Waals surface area contributed by atoms with E-state index in [9.17, 15) is 14.9 Å². The van der Waals surface area contributed by atoms with Gasteiger partial charge in [0.1, 0.15) is 0 Å². The van der Waals surface area contributed by atoms with Crippen LogP contribution in [-0.4, -0.2) is 17.9 Å². The summed E-state index contributed by atoms with van der Waals surface area (Å²) in [6.07, 6.45) is 1.59. The Hall–Kier alpha value is -3.15. The number of rotatable bonds is 5. The van der Waals surface area contributed by atoms with Gasteiger partial charge in [0.15, 0.2) is 5.75 Å². The van der Waals surface area contributed by atoms with Crippen LogP contribution in [0.25, 0.3) is 6.08 Å². The summed E-state index contributed by atoms with van der Waals surface area (Å²) in [5.74, 6) is -0.0896. The quantitative estimate of drug-likeness (QED) is 0.519. The van der Waals surface area contributed by atoms with Crippen molar-refractivity contribution in [2.75, 3.05) is 12.4 Å². The Kier molecular flexibility index (Phi) is 5.09. The zero-order valence-corrected chi connectivity index (χ0v) is 12.8. The van der Waals surface area contributed by atoms with E-state index in [-0.39, 0.29) is 17.3 Å². The van der Waals surface area contributed by atoms with E-state index in [0.717, 1.165) is 0 Å². The third-order valence-corrected chi connectivity index (χ3v) is 3.17. The van der Waals surface area contributed by atoms with E-state index in [1.165, 1.54) is 19.2 Å². The van der Waals surface area contributed by atoms with Gasteiger partial charge in [0.05, 0.1) is 12.0 Å². The molecule has 0 spiro atoms. The van der Waals surface area contributed by atoms with E-state index in [2.05, 4.69) is 5.32 Å². The molecule has 0 atom stereocenters. The predicted octanol–water partition coefficient (Wildman–Crippen LogP) is 3.65. The number of hydrogen-bond acceptors (Lipinski definition) is 4. The van der Waals surface area contributed by atoms with Crippen molar-refractivity contribution < 1.29 is 14.5 Å². The number of ether oxygens (including phenoxy) is 1. The van der Waals surface area contributed by atoms with Gasteiger partial charge in [-0.2, -0.15) is 0 Å². The van der Waals surface area contributed by atoms with Gasteiger partial charge in [-0.15, -0.1) is 0 Å². The molecule has 0 heterocycles. The lowest BCUT2D eigenvalue weighted by atomic mass is 10.1. The van der Waals surface area contributed by atoms with Crippen molar-refractivity contribution in [3.05, 3.63) is 69.8 Å².